The third-order valence-corrected chi connectivity index (χ3v) is 4.07. The second kappa shape index (κ2) is 6.27. The summed E-state index contributed by atoms with van der Waals surface area (Å²) in [6, 6.07) is 12.2. The highest BCUT2D eigenvalue weighted by Gasteiger charge is 2.30. The molecule has 130 valence electrons. The van der Waals surface area contributed by atoms with E-state index in [0.717, 1.165) is 23.4 Å². The number of aryl methyl sites for hydroxylation is 2. The van der Waals surface area contributed by atoms with E-state index in [9.17, 15) is 18.0 Å². The monoisotopic (exact) mass is 346 g/mol. The van der Waals surface area contributed by atoms with Gasteiger partial charge in [-0.2, -0.15) is 13.2 Å². The smallest absolute Gasteiger partial charge is 0.267 e. The zero-order chi connectivity index (χ0) is 18.2. The van der Waals surface area contributed by atoms with Crippen molar-refractivity contribution >= 4 is 0 Å². The second-order valence-electron chi connectivity index (χ2n) is 5.85. The van der Waals surface area contributed by atoms with Crippen LogP contribution < -0.4 is 5.69 Å². The summed E-state index contributed by atoms with van der Waals surface area (Å²) in [5.41, 5.74) is 1.51. The van der Waals surface area contributed by atoms with Gasteiger partial charge in [-0.3, -0.25) is 9.13 Å². The Morgan fingerprint density at radius 1 is 1.00 bits per heavy atom. The fraction of sp³-hybridized carbons (Fsp3) is 0.211. The Hall–Kier alpha value is -2.76. The van der Waals surface area contributed by atoms with Crippen LogP contribution in [0, 0.1) is 6.92 Å². The maximum Gasteiger partial charge on any atom is 0.416 e. The van der Waals surface area contributed by atoms with Crippen molar-refractivity contribution < 1.29 is 13.2 Å². The van der Waals surface area contributed by atoms with Crippen molar-refractivity contribution in [3.63, 3.8) is 0 Å². The van der Waals surface area contributed by atoms with Crippen LogP contribution in [0.15, 0.2) is 59.5 Å². The molecule has 25 heavy (non-hydrogen) atoms. The normalized spacial score (nSPS) is 11.7. The molecule has 0 saturated carbocycles. The molecule has 3 nitrogen and oxygen atoms in total. The van der Waals surface area contributed by atoms with Crippen molar-refractivity contribution in [1.82, 2.24) is 9.13 Å². The standard InChI is InChI=1S/C19H17F3N2O/c1-3-15-12-23(17-6-4-5-14(11-17)19(20,21)22)18(25)24(15)16-9-7-13(2)8-10-16/h4-12H,3H2,1-2H3. The number of hydrogen-bond acceptors (Lipinski definition) is 1. The van der Waals surface area contributed by atoms with Crippen molar-refractivity contribution in [2.45, 2.75) is 26.4 Å². The van der Waals surface area contributed by atoms with Gasteiger partial charge in [0.2, 0.25) is 0 Å². The number of aromatic nitrogens is 2. The number of benzene rings is 2. The molecule has 0 atom stereocenters. The van der Waals surface area contributed by atoms with E-state index < -0.39 is 11.7 Å². The summed E-state index contributed by atoms with van der Waals surface area (Å²) in [7, 11) is 0. The van der Waals surface area contributed by atoms with Crippen molar-refractivity contribution in [2.75, 3.05) is 0 Å². The molecular weight excluding hydrogens is 329 g/mol. The van der Waals surface area contributed by atoms with E-state index in [1.807, 2.05) is 38.1 Å². The summed E-state index contributed by atoms with van der Waals surface area (Å²) in [6.45, 7) is 3.84. The van der Waals surface area contributed by atoms with E-state index in [2.05, 4.69) is 0 Å². The van der Waals surface area contributed by atoms with Gasteiger partial charge < -0.3 is 0 Å². The number of rotatable bonds is 3. The predicted octanol–water partition coefficient (Wildman–Crippen LogP) is 4.52. The molecule has 0 N–H and O–H groups in total. The third-order valence-electron chi connectivity index (χ3n) is 4.07. The van der Waals surface area contributed by atoms with E-state index in [4.69, 9.17) is 0 Å². The van der Waals surface area contributed by atoms with Crippen molar-refractivity contribution in [3.8, 4) is 11.4 Å². The molecule has 3 aromatic rings. The van der Waals surface area contributed by atoms with E-state index in [1.54, 1.807) is 6.20 Å². The molecule has 1 aromatic heterocycles. The maximum absolute atomic E-state index is 12.9. The summed E-state index contributed by atoms with van der Waals surface area (Å²) in [6.07, 6.45) is -2.28. The van der Waals surface area contributed by atoms with Crippen LogP contribution in [0.5, 0.6) is 0 Å². The lowest BCUT2D eigenvalue weighted by molar-refractivity contribution is -0.137. The molecule has 0 fully saturated rings. The molecule has 0 radical (unpaired) electrons. The predicted molar refractivity (Wildman–Crippen MR) is 90.5 cm³/mol. The molecule has 3 rings (SSSR count). The lowest BCUT2D eigenvalue weighted by Gasteiger charge is -2.08. The van der Waals surface area contributed by atoms with E-state index >= 15 is 0 Å². The Morgan fingerprint density at radius 3 is 2.28 bits per heavy atom. The van der Waals surface area contributed by atoms with Gasteiger partial charge >= 0.3 is 11.9 Å². The van der Waals surface area contributed by atoms with Crippen LogP contribution in [-0.4, -0.2) is 9.13 Å². The first kappa shape index (κ1) is 17.1. The van der Waals surface area contributed by atoms with Gasteiger partial charge in [0.25, 0.3) is 0 Å². The van der Waals surface area contributed by atoms with Gasteiger partial charge in [-0.15, -0.1) is 0 Å². The number of halogens is 3. The zero-order valence-electron chi connectivity index (χ0n) is 13.8. The van der Waals surface area contributed by atoms with Crippen LogP contribution in [-0.2, 0) is 12.6 Å². The molecule has 0 aliphatic heterocycles. The Bertz CT molecular complexity index is 950. The largest absolute Gasteiger partial charge is 0.416 e. The van der Waals surface area contributed by atoms with Gasteiger partial charge in [-0.25, -0.2) is 4.79 Å². The highest BCUT2D eigenvalue weighted by molar-refractivity contribution is 5.41. The van der Waals surface area contributed by atoms with Gasteiger partial charge in [0, 0.05) is 11.9 Å². The van der Waals surface area contributed by atoms with Crippen LogP contribution in [0.1, 0.15) is 23.7 Å². The fourth-order valence-electron chi connectivity index (χ4n) is 2.73. The summed E-state index contributed by atoms with van der Waals surface area (Å²) in [4.78, 5) is 12.8. The number of hydrogen-bond donors (Lipinski definition) is 0. The topological polar surface area (TPSA) is 26.9 Å². The summed E-state index contributed by atoms with van der Waals surface area (Å²) >= 11 is 0. The molecule has 0 saturated heterocycles. The van der Waals surface area contributed by atoms with Crippen LogP contribution in [0.2, 0.25) is 0 Å². The quantitative estimate of drug-likeness (QED) is 0.685. The van der Waals surface area contributed by atoms with Crippen LogP contribution >= 0.6 is 0 Å². The van der Waals surface area contributed by atoms with Gasteiger partial charge in [0.05, 0.1) is 16.9 Å². The molecule has 0 unspecified atom stereocenters. The van der Waals surface area contributed by atoms with E-state index in [-0.39, 0.29) is 11.4 Å². The average molecular weight is 346 g/mol. The minimum atomic E-state index is -4.45. The minimum Gasteiger partial charge on any atom is -0.267 e. The maximum atomic E-state index is 12.9. The van der Waals surface area contributed by atoms with Crippen molar-refractivity contribution in [3.05, 3.63) is 82.0 Å². The first-order valence-corrected chi connectivity index (χ1v) is 7.89. The van der Waals surface area contributed by atoms with E-state index in [0.29, 0.717) is 12.1 Å². The van der Waals surface area contributed by atoms with Crippen molar-refractivity contribution in [2.24, 2.45) is 0 Å². The highest BCUT2D eigenvalue weighted by atomic mass is 19.4. The molecule has 0 amide bonds. The molecule has 0 spiro atoms. The first-order valence-electron chi connectivity index (χ1n) is 7.89. The Labute approximate surface area is 143 Å². The molecule has 6 heteroatoms. The Balaban J connectivity index is 2.17. The number of alkyl halides is 3. The second-order valence-corrected chi connectivity index (χ2v) is 5.85. The fourth-order valence-corrected chi connectivity index (χ4v) is 2.73. The first-order chi connectivity index (χ1) is 11.8. The molecular formula is C19H17F3N2O. The van der Waals surface area contributed by atoms with E-state index in [1.165, 1.54) is 21.3 Å². The summed E-state index contributed by atoms with van der Waals surface area (Å²) in [5.74, 6) is 0. The Kier molecular flexibility index (Phi) is 4.29. The van der Waals surface area contributed by atoms with Gasteiger partial charge in [-0.1, -0.05) is 30.7 Å². The highest BCUT2D eigenvalue weighted by Crippen LogP contribution is 2.30. The van der Waals surface area contributed by atoms with Crippen LogP contribution in [0.4, 0.5) is 13.2 Å². The van der Waals surface area contributed by atoms with Crippen molar-refractivity contribution in [1.29, 1.82) is 0 Å². The number of imidazole rings is 1. The summed E-state index contributed by atoms with van der Waals surface area (Å²) in [5, 5.41) is 0. The molecule has 0 aliphatic rings. The lowest BCUT2D eigenvalue weighted by Crippen LogP contribution is -2.23. The average Bonchev–Trinajstić information content (AvgIpc) is 2.92. The van der Waals surface area contributed by atoms with Crippen LogP contribution in [0.25, 0.3) is 11.4 Å². The van der Waals surface area contributed by atoms with Gasteiger partial charge in [0.15, 0.2) is 0 Å². The van der Waals surface area contributed by atoms with Crippen LogP contribution in [0.3, 0.4) is 0 Å². The molecule has 2 aromatic carbocycles. The summed E-state index contributed by atoms with van der Waals surface area (Å²) < 4.78 is 41.6. The zero-order valence-corrected chi connectivity index (χ0v) is 13.8. The third kappa shape index (κ3) is 3.24. The lowest BCUT2D eigenvalue weighted by atomic mass is 10.2. The Morgan fingerprint density at radius 2 is 1.68 bits per heavy atom. The SMILES string of the molecule is CCc1cn(-c2cccc(C(F)(F)F)c2)c(=O)n1-c1ccc(C)cc1. The molecule has 0 aliphatic carbocycles. The number of nitrogens with zero attached hydrogens (tertiary/aromatic N) is 2. The van der Waals surface area contributed by atoms with Gasteiger partial charge in [0.1, 0.15) is 0 Å². The van der Waals surface area contributed by atoms with Gasteiger partial charge in [-0.05, 0) is 43.7 Å². The molecule has 1 heterocycles. The molecule has 0 bridgehead atoms. The minimum absolute atomic E-state index is 0.195.